The van der Waals surface area contributed by atoms with Gasteiger partial charge in [0.25, 0.3) is 0 Å². The summed E-state index contributed by atoms with van der Waals surface area (Å²) in [6.45, 7) is 0. The quantitative estimate of drug-likeness (QED) is 0.232. The van der Waals surface area contributed by atoms with Crippen LogP contribution in [0.1, 0.15) is 5.56 Å². The molecule has 4 N–H and O–H groups in total. The number of hydrogen-bond acceptors (Lipinski definition) is 4. The van der Waals surface area contributed by atoms with Crippen LogP contribution < -0.4 is 20.4 Å². The van der Waals surface area contributed by atoms with Crippen molar-refractivity contribution in [1.82, 2.24) is 0 Å². The number of carbonyl (C=O) groups excluding carboxylic acids is 2. The average molecular weight is 578 g/mol. The zero-order chi connectivity index (χ0) is 28.8. The van der Waals surface area contributed by atoms with E-state index in [2.05, 4.69) is 0 Å². The Bertz CT molecular complexity index is 1680. The van der Waals surface area contributed by atoms with Crippen molar-refractivity contribution in [2.75, 3.05) is 9.80 Å². The van der Waals surface area contributed by atoms with E-state index in [1.54, 1.807) is 54.7 Å². The molecule has 2 aromatic rings. The molecule has 0 unspecified atom stereocenters. The second kappa shape index (κ2) is 9.94. The number of anilines is 2. The van der Waals surface area contributed by atoms with E-state index < -0.39 is 36.8 Å². The number of carbonyl (C=O) groups is 2. The SMILES string of the molecule is O=CN(C1=C[C@@]23C=C/C=C\[C@]1(C=C2)N(C=O)c1cc(ccc1P(=O)(O)O)/C=C/C=C3)c1ccccc1P(=O)(O)O. The number of benzene rings is 2. The van der Waals surface area contributed by atoms with Crippen LogP contribution in [0.25, 0.3) is 6.08 Å². The van der Waals surface area contributed by atoms with E-state index in [0.29, 0.717) is 18.4 Å². The summed E-state index contributed by atoms with van der Waals surface area (Å²) in [4.78, 5) is 68.5. The summed E-state index contributed by atoms with van der Waals surface area (Å²) >= 11 is 0. The Hall–Kier alpha value is -3.88. The zero-order valence-electron chi connectivity index (χ0n) is 20.8. The van der Waals surface area contributed by atoms with Crippen LogP contribution in [0.3, 0.4) is 0 Å². The molecule has 5 aliphatic rings. The molecule has 0 saturated carbocycles. The highest BCUT2D eigenvalue weighted by Gasteiger charge is 2.47. The highest BCUT2D eigenvalue weighted by atomic mass is 31.2. The van der Waals surface area contributed by atoms with Crippen molar-refractivity contribution in [1.29, 1.82) is 0 Å². The van der Waals surface area contributed by atoms with Gasteiger partial charge in [-0.1, -0.05) is 72.9 Å². The molecule has 12 heteroatoms. The maximum Gasteiger partial charge on any atom is 0.358 e. The van der Waals surface area contributed by atoms with Crippen molar-refractivity contribution in [2.45, 2.75) is 5.54 Å². The molecule has 2 atom stereocenters. The Balaban J connectivity index is 1.90. The van der Waals surface area contributed by atoms with Crippen LogP contribution >= 0.6 is 15.2 Å². The molecular formula is C28H24N2O8P2. The summed E-state index contributed by atoms with van der Waals surface area (Å²) < 4.78 is 25.0. The average Bonchev–Trinajstić information content (AvgIpc) is 2.89. The summed E-state index contributed by atoms with van der Waals surface area (Å²) in [5.41, 5.74) is -2.15. The Morgan fingerprint density at radius 3 is 2.12 bits per heavy atom. The van der Waals surface area contributed by atoms with Gasteiger partial charge >= 0.3 is 15.2 Å². The van der Waals surface area contributed by atoms with Crippen LogP contribution in [0.2, 0.25) is 0 Å². The van der Waals surface area contributed by atoms with Crippen molar-refractivity contribution in [3.8, 4) is 0 Å². The molecule has 0 fully saturated rings. The van der Waals surface area contributed by atoms with Crippen LogP contribution in [0.4, 0.5) is 11.4 Å². The Morgan fingerprint density at radius 2 is 1.45 bits per heavy atom. The van der Waals surface area contributed by atoms with Crippen molar-refractivity contribution in [3.05, 3.63) is 114 Å². The first-order valence-electron chi connectivity index (χ1n) is 12.0. The minimum Gasteiger partial charge on any atom is -0.321 e. The van der Waals surface area contributed by atoms with Gasteiger partial charge in [0, 0.05) is 5.41 Å². The molecule has 204 valence electrons. The third kappa shape index (κ3) is 4.71. The summed E-state index contributed by atoms with van der Waals surface area (Å²) in [5.74, 6) is 0. The van der Waals surface area contributed by atoms with E-state index in [-0.39, 0.29) is 17.1 Å². The molecule has 2 aliphatic heterocycles. The predicted molar refractivity (Wildman–Crippen MR) is 152 cm³/mol. The predicted octanol–water partition coefficient (Wildman–Crippen LogP) is 2.81. The van der Waals surface area contributed by atoms with Gasteiger partial charge in [0.05, 0.1) is 27.7 Å². The lowest BCUT2D eigenvalue weighted by molar-refractivity contribution is -0.109. The third-order valence-electron chi connectivity index (χ3n) is 6.95. The number of allylic oxidation sites excluding steroid dienone is 8. The van der Waals surface area contributed by atoms with Crippen molar-refractivity contribution < 1.29 is 38.3 Å². The minimum atomic E-state index is -4.90. The smallest absolute Gasteiger partial charge is 0.321 e. The van der Waals surface area contributed by atoms with Gasteiger partial charge in [0.2, 0.25) is 12.8 Å². The maximum absolute atomic E-state index is 12.9. The molecule has 0 spiro atoms. The maximum atomic E-state index is 12.9. The van der Waals surface area contributed by atoms with Crippen molar-refractivity contribution in [3.63, 3.8) is 0 Å². The first kappa shape index (κ1) is 27.7. The van der Waals surface area contributed by atoms with Crippen LogP contribution in [-0.2, 0) is 18.7 Å². The number of para-hydroxylation sites is 1. The van der Waals surface area contributed by atoms with Crippen LogP contribution in [0, 0.1) is 5.41 Å². The van der Waals surface area contributed by atoms with E-state index in [1.807, 2.05) is 12.2 Å². The van der Waals surface area contributed by atoms with E-state index in [4.69, 9.17) is 0 Å². The molecule has 0 radical (unpaired) electrons. The van der Waals surface area contributed by atoms with Gasteiger partial charge < -0.3 is 19.6 Å². The highest BCUT2D eigenvalue weighted by molar-refractivity contribution is 7.61. The van der Waals surface area contributed by atoms with Gasteiger partial charge in [-0.3, -0.25) is 28.5 Å². The molecule has 2 heterocycles. The Kier molecular flexibility index (Phi) is 6.88. The minimum absolute atomic E-state index is 0.106. The molecule has 0 saturated heterocycles. The Morgan fingerprint density at radius 1 is 0.775 bits per heavy atom. The summed E-state index contributed by atoms with van der Waals surface area (Å²) in [6, 6.07) is 9.72. The van der Waals surface area contributed by atoms with Gasteiger partial charge in [-0.25, -0.2) is 0 Å². The fourth-order valence-corrected chi connectivity index (χ4v) is 6.61. The molecule has 10 nitrogen and oxygen atoms in total. The van der Waals surface area contributed by atoms with Crippen molar-refractivity contribution in [2.24, 2.45) is 5.41 Å². The zero-order valence-corrected chi connectivity index (χ0v) is 22.5. The van der Waals surface area contributed by atoms with Gasteiger partial charge in [-0.2, -0.15) is 0 Å². The lowest BCUT2D eigenvalue weighted by atomic mass is 9.73. The molecule has 2 amide bonds. The van der Waals surface area contributed by atoms with E-state index in [1.165, 1.54) is 42.5 Å². The van der Waals surface area contributed by atoms with Crippen molar-refractivity contribution >= 4 is 56.1 Å². The first-order chi connectivity index (χ1) is 18.9. The first-order valence-corrected chi connectivity index (χ1v) is 15.2. The molecule has 2 aromatic carbocycles. The van der Waals surface area contributed by atoms with Gasteiger partial charge in [-0.15, -0.1) is 0 Å². The van der Waals surface area contributed by atoms with E-state index in [0.717, 1.165) is 9.80 Å². The Labute approximate surface area is 229 Å². The molecule has 0 aromatic heterocycles. The van der Waals surface area contributed by atoms with E-state index >= 15 is 0 Å². The largest absolute Gasteiger partial charge is 0.358 e. The van der Waals surface area contributed by atoms with Gasteiger partial charge in [0.15, 0.2) is 0 Å². The van der Waals surface area contributed by atoms with Gasteiger partial charge in [-0.05, 0) is 42.0 Å². The molecule has 40 heavy (non-hydrogen) atoms. The summed E-state index contributed by atoms with van der Waals surface area (Å²) in [5, 5.41) is -0.827. The normalized spacial score (nSPS) is 24.8. The third-order valence-corrected chi connectivity index (χ3v) is 8.96. The number of fused-ring (bicyclic) bond motifs is 2. The lowest BCUT2D eigenvalue weighted by Gasteiger charge is -2.47. The second-order valence-electron chi connectivity index (χ2n) is 9.40. The fourth-order valence-electron chi connectivity index (χ4n) is 5.11. The number of amides is 2. The highest BCUT2D eigenvalue weighted by Crippen LogP contribution is 2.48. The lowest BCUT2D eigenvalue weighted by Crippen LogP contribution is -2.55. The van der Waals surface area contributed by atoms with Gasteiger partial charge in [0.1, 0.15) is 5.54 Å². The number of nitrogens with zero attached hydrogens (tertiary/aromatic N) is 2. The molecule has 4 bridgehead atoms. The molecule has 3 aliphatic carbocycles. The summed E-state index contributed by atoms with van der Waals surface area (Å²) in [7, 11) is -9.77. The topological polar surface area (TPSA) is 156 Å². The fraction of sp³-hybridized carbons (Fsp3) is 0.0714. The molecule has 7 rings (SSSR count). The van der Waals surface area contributed by atoms with Crippen LogP contribution in [-0.4, -0.2) is 37.9 Å². The summed E-state index contributed by atoms with van der Waals surface area (Å²) in [6.07, 6.45) is 19.7. The standard InChI is InChI=1S/C28H24N2O8P2/c31-19-29(22-8-1-2-9-24(22)39(33,34)35)26-18-27-12-4-3-7-21-10-11-25(40(36,37)38)23(17-21)30(20-32)28(26,16-15-27)14-6-5-13-27/h1-20H,(H2,33,34,35)(H2,36,37,38)/b7-3+,12-4?,13-5?,14-6-/t27-,28+/m0/s1. The second-order valence-corrected chi connectivity index (χ2v) is 12.5. The van der Waals surface area contributed by atoms with E-state index in [9.17, 15) is 38.3 Å². The van der Waals surface area contributed by atoms with Crippen LogP contribution in [0.15, 0.2) is 109 Å². The number of rotatable bonds is 6. The molecular weight excluding hydrogens is 554 g/mol. The number of hydrogen-bond donors (Lipinski definition) is 4. The van der Waals surface area contributed by atoms with Crippen LogP contribution in [0.5, 0.6) is 0 Å². The monoisotopic (exact) mass is 578 g/mol.